The minimum absolute atomic E-state index is 0.0175. The second-order valence-electron chi connectivity index (χ2n) is 6.08. The number of aldehydes is 1. The van der Waals surface area contributed by atoms with Gasteiger partial charge in [-0.25, -0.2) is 12.1 Å². The molecule has 148 valence electrons. The monoisotopic (exact) mass is 437 g/mol. The number of aryl methyl sites for hydroxylation is 1. The topological polar surface area (TPSA) is 72.3 Å². The van der Waals surface area contributed by atoms with Gasteiger partial charge in [-0.2, -0.15) is 0 Å². The molecule has 1 aromatic carbocycles. The molecule has 0 fully saturated rings. The summed E-state index contributed by atoms with van der Waals surface area (Å²) in [4.78, 5) is 16.1. The van der Waals surface area contributed by atoms with Gasteiger partial charge in [0.1, 0.15) is 0 Å². The van der Waals surface area contributed by atoms with E-state index in [2.05, 4.69) is 4.98 Å². The van der Waals surface area contributed by atoms with Gasteiger partial charge in [0.2, 0.25) is 10.0 Å². The average molecular weight is 438 g/mol. The summed E-state index contributed by atoms with van der Waals surface area (Å²) >= 11 is 7.32. The molecule has 0 atom stereocenters. The molecule has 6 nitrogen and oxygen atoms in total. The Morgan fingerprint density at radius 2 is 2.00 bits per heavy atom. The van der Waals surface area contributed by atoms with Crippen LogP contribution in [0.4, 0.5) is 5.69 Å². The zero-order chi connectivity index (χ0) is 20.5. The second kappa shape index (κ2) is 8.14. The Morgan fingerprint density at radius 3 is 2.64 bits per heavy atom. The van der Waals surface area contributed by atoms with Crippen LogP contribution in [0.25, 0.3) is 22.2 Å². The second-order valence-corrected chi connectivity index (χ2v) is 10.1. The minimum Gasteiger partial charge on any atom is -0.343 e. The molecule has 0 radical (unpaired) electrons. The Kier molecular flexibility index (Phi) is 6.02. The molecule has 28 heavy (non-hydrogen) atoms. The van der Waals surface area contributed by atoms with Crippen LogP contribution in [0, 0.1) is 0 Å². The van der Waals surface area contributed by atoms with E-state index in [4.69, 9.17) is 11.6 Å². The summed E-state index contributed by atoms with van der Waals surface area (Å²) in [5.41, 5.74) is 3.10. The number of rotatable bonds is 7. The number of benzene rings is 1. The number of anilines is 1. The molecule has 0 bridgehead atoms. The number of fused-ring (bicyclic) bond motifs is 1. The Bertz CT molecular complexity index is 1140. The van der Waals surface area contributed by atoms with Crippen molar-refractivity contribution < 1.29 is 13.2 Å². The lowest BCUT2D eigenvalue weighted by atomic mass is 10.1. The molecule has 0 aliphatic heterocycles. The van der Waals surface area contributed by atoms with Crippen LogP contribution >= 0.6 is 23.5 Å². The van der Waals surface area contributed by atoms with Crippen molar-refractivity contribution in [2.75, 3.05) is 15.2 Å². The van der Waals surface area contributed by atoms with E-state index in [1.54, 1.807) is 31.3 Å². The minimum atomic E-state index is -3.47. The van der Waals surface area contributed by atoms with E-state index < -0.39 is 10.0 Å². The van der Waals surface area contributed by atoms with E-state index in [1.165, 1.54) is 21.9 Å². The highest BCUT2D eigenvalue weighted by Gasteiger charge is 2.23. The normalized spacial score (nSPS) is 11.7. The van der Waals surface area contributed by atoms with Gasteiger partial charge in [-0.3, -0.25) is 9.78 Å². The van der Waals surface area contributed by atoms with Crippen molar-refractivity contribution in [1.82, 2.24) is 9.55 Å². The molecule has 0 spiro atoms. The van der Waals surface area contributed by atoms with Crippen LogP contribution < -0.4 is 3.71 Å². The third kappa shape index (κ3) is 3.64. The van der Waals surface area contributed by atoms with Gasteiger partial charge in [-0.1, -0.05) is 24.6 Å². The van der Waals surface area contributed by atoms with Gasteiger partial charge in [-0.15, -0.1) is 0 Å². The van der Waals surface area contributed by atoms with Gasteiger partial charge in [0, 0.05) is 40.5 Å². The molecule has 0 saturated carbocycles. The lowest BCUT2D eigenvalue weighted by molar-refractivity contribution is 0.112. The summed E-state index contributed by atoms with van der Waals surface area (Å²) in [6.45, 7) is 3.49. The van der Waals surface area contributed by atoms with Crippen LogP contribution in [-0.2, 0) is 17.1 Å². The number of carbonyl (C=O) groups is 1. The molecular weight excluding hydrogens is 418 g/mol. The zero-order valence-corrected chi connectivity index (χ0v) is 18.1. The van der Waals surface area contributed by atoms with Crippen LogP contribution in [-0.4, -0.2) is 35.8 Å². The van der Waals surface area contributed by atoms with Crippen LogP contribution in [0.2, 0.25) is 5.02 Å². The highest BCUT2D eigenvalue weighted by molar-refractivity contribution is 8.14. The van der Waals surface area contributed by atoms with Gasteiger partial charge < -0.3 is 4.57 Å². The molecule has 3 aromatic rings. The molecule has 2 heterocycles. The maximum absolute atomic E-state index is 12.5. The molecule has 0 aliphatic rings. The largest absolute Gasteiger partial charge is 0.343 e. The third-order valence-electron chi connectivity index (χ3n) is 4.39. The zero-order valence-electron chi connectivity index (χ0n) is 15.7. The van der Waals surface area contributed by atoms with Crippen molar-refractivity contribution in [2.24, 2.45) is 7.05 Å². The molecule has 0 saturated heterocycles. The Morgan fingerprint density at radius 1 is 1.25 bits per heavy atom. The van der Waals surface area contributed by atoms with E-state index in [9.17, 15) is 13.2 Å². The highest BCUT2D eigenvalue weighted by Crippen LogP contribution is 2.35. The van der Waals surface area contributed by atoms with Crippen LogP contribution in [0.15, 0.2) is 36.7 Å². The van der Waals surface area contributed by atoms with Gasteiger partial charge in [0.15, 0.2) is 6.29 Å². The number of carbonyl (C=O) groups excluding carboxylic acids is 1. The fourth-order valence-corrected chi connectivity index (χ4v) is 5.69. The maximum atomic E-state index is 12.5. The van der Waals surface area contributed by atoms with E-state index in [-0.39, 0.29) is 5.75 Å². The fraction of sp³-hybridized carbons (Fsp3) is 0.263. The standard InChI is InChI=1S/C19H20ClN3O3S2/c1-4-27-23(28(25,26)5-2)15-8-13(10-21-11-15)19-17(12-24)16-7-6-14(20)9-18(16)22(19)3/h6-12H,4-5H2,1-3H3. The van der Waals surface area contributed by atoms with Crippen LogP contribution in [0.1, 0.15) is 24.2 Å². The summed E-state index contributed by atoms with van der Waals surface area (Å²) in [6, 6.07) is 7.09. The van der Waals surface area contributed by atoms with E-state index in [1.807, 2.05) is 24.6 Å². The molecule has 0 N–H and O–H groups in total. The Hall–Kier alpha value is -2.03. The van der Waals surface area contributed by atoms with Gasteiger partial charge >= 0.3 is 0 Å². The van der Waals surface area contributed by atoms with Gasteiger partial charge in [0.25, 0.3) is 0 Å². The predicted molar refractivity (Wildman–Crippen MR) is 117 cm³/mol. The summed E-state index contributed by atoms with van der Waals surface area (Å²) < 4.78 is 28.2. The van der Waals surface area contributed by atoms with E-state index in [0.29, 0.717) is 33.3 Å². The Balaban J connectivity index is 2.23. The molecule has 9 heteroatoms. The molecule has 2 aromatic heterocycles. The first kappa shape index (κ1) is 20.7. The van der Waals surface area contributed by atoms with Crippen molar-refractivity contribution in [1.29, 1.82) is 0 Å². The Labute approximate surface area is 173 Å². The number of sulfonamides is 1. The molecular formula is C19H20ClN3O3S2. The van der Waals surface area contributed by atoms with Crippen molar-refractivity contribution in [3.8, 4) is 11.3 Å². The van der Waals surface area contributed by atoms with Crippen molar-refractivity contribution in [3.05, 3.63) is 47.2 Å². The SMILES string of the molecule is CCSN(c1cncc(-c2c(C=O)c3ccc(Cl)cc3n2C)c1)S(=O)(=O)CC. The number of nitrogens with zero attached hydrogens (tertiary/aromatic N) is 3. The number of hydrogen-bond acceptors (Lipinski definition) is 5. The molecule has 3 rings (SSSR count). The first-order valence-corrected chi connectivity index (χ1v) is 11.6. The molecule has 0 unspecified atom stereocenters. The smallest absolute Gasteiger partial charge is 0.244 e. The lowest BCUT2D eigenvalue weighted by Gasteiger charge is -2.22. The number of hydrogen-bond donors (Lipinski definition) is 0. The predicted octanol–water partition coefficient (Wildman–Crippen LogP) is 4.53. The number of aromatic nitrogens is 2. The lowest BCUT2D eigenvalue weighted by Crippen LogP contribution is -2.26. The third-order valence-corrected chi connectivity index (χ3v) is 7.77. The average Bonchev–Trinajstić information content (AvgIpc) is 2.97. The van der Waals surface area contributed by atoms with Crippen LogP contribution in [0.3, 0.4) is 0 Å². The summed E-state index contributed by atoms with van der Waals surface area (Å²) in [5.74, 6) is 0.575. The van der Waals surface area contributed by atoms with Crippen molar-refractivity contribution in [2.45, 2.75) is 13.8 Å². The molecule has 0 amide bonds. The number of halogens is 1. The van der Waals surface area contributed by atoms with E-state index in [0.717, 1.165) is 17.2 Å². The van der Waals surface area contributed by atoms with Crippen molar-refractivity contribution >= 4 is 56.4 Å². The summed E-state index contributed by atoms with van der Waals surface area (Å²) in [5, 5.41) is 1.35. The van der Waals surface area contributed by atoms with E-state index >= 15 is 0 Å². The molecule has 0 aliphatic carbocycles. The highest BCUT2D eigenvalue weighted by atomic mass is 35.5. The summed E-state index contributed by atoms with van der Waals surface area (Å²) in [7, 11) is -1.63. The van der Waals surface area contributed by atoms with Crippen molar-refractivity contribution in [3.63, 3.8) is 0 Å². The maximum Gasteiger partial charge on any atom is 0.244 e. The quantitative estimate of drug-likeness (QED) is 0.401. The first-order chi connectivity index (χ1) is 13.3. The summed E-state index contributed by atoms with van der Waals surface area (Å²) in [6.07, 6.45) is 3.94. The number of pyridine rings is 1. The van der Waals surface area contributed by atoms with Crippen LogP contribution in [0.5, 0.6) is 0 Å². The van der Waals surface area contributed by atoms with Gasteiger partial charge in [-0.05, 0) is 37.1 Å². The van der Waals surface area contributed by atoms with Gasteiger partial charge in [0.05, 0.1) is 28.8 Å². The first-order valence-electron chi connectivity index (χ1n) is 8.68. The fourth-order valence-electron chi connectivity index (χ4n) is 3.11.